The molecule has 0 bridgehead atoms. The maximum absolute atomic E-state index is 13.1. The first-order valence-corrected chi connectivity index (χ1v) is 12.6. The van der Waals surface area contributed by atoms with Gasteiger partial charge in [-0.15, -0.1) is 0 Å². The summed E-state index contributed by atoms with van der Waals surface area (Å²) in [6, 6.07) is 16.3. The Bertz CT molecular complexity index is 873. The summed E-state index contributed by atoms with van der Waals surface area (Å²) in [6.07, 6.45) is 2.56. The minimum Gasteiger partial charge on any atom is -0.497 e. The van der Waals surface area contributed by atoms with E-state index in [0.717, 1.165) is 30.2 Å². The van der Waals surface area contributed by atoms with Crippen molar-refractivity contribution in [3.05, 3.63) is 65.7 Å². The summed E-state index contributed by atoms with van der Waals surface area (Å²) in [5.74, 6) is 1.17. The Kier molecular flexibility index (Phi) is 10.1. The number of amides is 2. The van der Waals surface area contributed by atoms with Crippen molar-refractivity contribution < 1.29 is 19.1 Å². The summed E-state index contributed by atoms with van der Waals surface area (Å²) in [4.78, 5) is 28.1. The molecule has 0 aliphatic carbocycles. The van der Waals surface area contributed by atoms with E-state index in [1.54, 1.807) is 31.0 Å². The molecule has 8 heteroatoms. The number of carbonyl (C=O) groups excluding carboxylic acids is 2. The molecule has 33 heavy (non-hydrogen) atoms. The third kappa shape index (κ3) is 7.48. The smallest absolute Gasteiger partial charge is 0.251 e. The lowest BCUT2D eigenvalue weighted by Gasteiger charge is -2.35. The molecule has 7 nitrogen and oxygen atoms in total. The average molecular weight is 472 g/mol. The summed E-state index contributed by atoms with van der Waals surface area (Å²) in [7, 11) is 1.65. The van der Waals surface area contributed by atoms with Crippen molar-refractivity contribution >= 4 is 23.6 Å². The fourth-order valence-corrected chi connectivity index (χ4v) is 4.30. The van der Waals surface area contributed by atoms with Crippen LogP contribution in [-0.2, 0) is 9.53 Å². The molecule has 2 N–H and O–H groups in total. The first-order chi connectivity index (χ1) is 16.1. The molecule has 1 saturated heterocycles. The Hall–Kier alpha value is -2.55. The van der Waals surface area contributed by atoms with E-state index in [2.05, 4.69) is 15.5 Å². The molecule has 1 aliphatic heterocycles. The monoisotopic (exact) mass is 471 g/mol. The third-order valence-corrected chi connectivity index (χ3v) is 6.37. The highest BCUT2D eigenvalue weighted by atomic mass is 32.2. The van der Waals surface area contributed by atoms with Crippen LogP contribution < -0.4 is 15.4 Å². The van der Waals surface area contributed by atoms with E-state index in [4.69, 9.17) is 9.47 Å². The predicted octanol–water partition coefficient (Wildman–Crippen LogP) is 2.74. The highest BCUT2D eigenvalue weighted by molar-refractivity contribution is 7.98. The quantitative estimate of drug-likeness (QED) is 0.525. The van der Waals surface area contributed by atoms with Gasteiger partial charge in [0.15, 0.2) is 0 Å². The van der Waals surface area contributed by atoms with Crippen LogP contribution >= 0.6 is 11.8 Å². The molecule has 0 aromatic heterocycles. The number of hydrogen-bond donors (Lipinski definition) is 2. The first-order valence-electron chi connectivity index (χ1n) is 11.2. The van der Waals surface area contributed by atoms with Crippen molar-refractivity contribution in [2.45, 2.75) is 18.5 Å². The number of carbonyl (C=O) groups is 2. The van der Waals surface area contributed by atoms with Gasteiger partial charge in [0.1, 0.15) is 11.8 Å². The topological polar surface area (TPSA) is 79.9 Å². The predicted molar refractivity (Wildman–Crippen MR) is 132 cm³/mol. The zero-order valence-electron chi connectivity index (χ0n) is 19.3. The number of morpholine rings is 1. The fraction of sp³-hybridized carbons (Fsp3) is 0.440. The molecule has 0 radical (unpaired) electrons. The van der Waals surface area contributed by atoms with Crippen molar-refractivity contribution in [2.24, 2.45) is 0 Å². The molecule has 2 aromatic carbocycles. The lowest BCUT2D eigenvalue weighted by atomic mass is 10.0. The van der Waals surface area contributed by atoms with E-state index in [0.29, 0.717) is 31.7 Å². The lowest BCUT2D eigenvalue weighted by molar-refractivity contribution is -0.123. The number of methoxy groups -OCH3 is 1. The van der Waals surface area contributed by atoms with Gasteiger partial charge in [0.05, 0.1) is 26.4 Å². The maximum atomic E-state index is 13.1. The van der Waals surface area contributed by atoms with E-state index < -0.39 is 6.04 Å². The van der Waals surface area contributed by atoms with Gasteiger partial charge in [-0.05, 0) is 48.3 Å². The van der Waals surface area contributed by atoms with Crippen molar-refractivity contribution in [3.63, 3.8) is 0 Å². The summed E-state index contributed by atoms with van der Waals surface area (Å²) < 4.78 is 10.8. The Morgan fingerprint density at radius 3 is 2.42 bits per heavy atom. The number of rotatable bonds is 11. The van der Waals surface area contributed by atoms with Gasteiger partial charge in [-0.3, -0.25) is 14.5 Å². The molecule has 1 aliphatic rings. The summed E-state index contributed by atoms with van der Waals surface area (Å²) in [6.45, 7) is 3.39. The van der Waals surface area contributed by atoms with Crippen molar-refractivity contribution in [1.82, 2.24) is 15.5 Å². The van der Waals surface area contributed by atoms with Crippen LogP contribution in [0.3, 0.4) is 0 Å². The van der Waals surface area contributed by atoms with Gasteiger partial charge in [0.25, 0.3) is 5.91 Å². The van der Waals surface area contributed by atoms with Gasteiger partial charge in [0.2, 0.25) is 5.91 Å². The zero-order valence-corrected chi connectivity index (χ0v) is 20.1. The van der Waals surface area contributed by atoms with Crippen LogP contribution in [0, 0.1) is 0 Å². The van der Waals surface area contributed by atoms with Crippen LogP contribution in [0.2, 0.25) is 0 Å². The van der Waals surface area contributed by atoms with Gasteiger partial charge >= 0.3 is 0 Å². The number of nitrogens with zero attached hydrogens (tertiary/aromatic N) is 1. The van der Waals surface area contributed by atoms with Crippen LogP contribution in [0.15, 0.2) is 54.6 Å². The molecular formula is C25H33N3O4S. The second kappa shape index (κ2) is 13.2. The van der Waals surface area contributed by atoms with Crippen LogP contribution in [0.25, 0.3) is 0 Å². The molecule has 0 spiro atoms. The molecule has 178 valence electrons. The molecular weight excluding hydrogens is 438 g/mol. The molecule has 2 atom stereocenters. The molecule has 2 amide bonds. The average Bonchev–Trinajstić information content (AvgIpc) is 2.88. The van der Waals surface area contributed by atoms with Gasteiger partial charge in [-0.25, -0.2) is 0 Å². The van der Waals surface area contributed by atoms with Gasteiger partial charge in [0, 0.05) is 25.2 Å². The number of benzene rings is 2. The lowest BCUT2D eigenvalue weighted by Crippen LogP contribution is -2.50. The first kappa shape index (κ1) is 25.1. The van der Waals surface area contributed by atoms with Crippen LogP contribution in [0.1, 0.15) is 28.4 Å². The van der Waals surface area contributed by atoms with E-state index in [1.807, 2.05) is 48.7 Å². The second-order valence-corrected chi connectivity index (χ2v) is 8.84. The molecule has 3 rings (SSSR count). The minimum absolute atomic E-state index is 0.00906. The SMILES string of the molecule is COc1ccc(C(CNC(=O)C(CCSC)NC(=O)c2ccccc2)N2CCOCC2)cc1. The number of hydrogen-bond acceptors (Lipinski definition) is 6. The van der Waals surface area contributed by atoms with E-state index in [9.17, 15) is 9.59 Å². The van der Waals surface area contributed by atoms with E-state index in [1.165, 1.54) is 0 Å². The standard InChI is InChI=1S/C25H33N3O4S/c1-31-21-10-8-19(9-11-21)23(28-13-15-32-16-14-28)18-26-25(30)22(12-17-33-2)27-24(29)20-6-4-3-5-7-20/h3-11,22-23H,12-18H2,1-2H3,(H,26,30)(H,27,29). The highest BCUT2D eigenvalue weighted by Crippen LogP contribution is 2.23. The minimum atomic E-state index is -0.591. The number of nitrogens with one attached hydrogen (secondary N) is 2. The molecule has 1 fully saturated rings. The Labute approximate surface area is 200 Å². The molecule has 2 unspecified atom stereocenters. The summed E-state index contributed by atoms with van der Waals surface area (Å²) >= 11 is 1.65. The van der Waals surface area contributed by atoms with Crippen molar-refractivity contribution in [1.29, 1.82) is 0 Å². The normalized spacial score (nSPS) is 15.9. The Morgan fingerprint density at radius 2 is 1.79 bits per heavy atom. The Morgan fingerprint density at radius 1 is 1.09 bits per heavy atom. The second-order valence-electron chi connectivity index (χ2n) is 7.86. The van der Waals surface area contributed by atoms with Crippen LogP contribution in [0.5, 0.6) is 5.75 Å². The van der Waals surface area contributed by atoms with Crippen LogP contribution in [0.4, 0.5) is 0 Å². The van der Waals surface area contributed by atoms with Gasteiger partial charge < -0.3 is 20.1 Å². The van der Waals surface area contributed by atoms with Gasteiger partial charge in [-0.1, -0.05) is 30.3 Å². The van der Waals surface area contributed by atoms with Crippen molar-refractivity contribution in [3.8, 4) is 5.75 Å². The Balaban J connectivity index is 1.68. The molecule has 1 heterocycles. The van der Waals surface area contributed by atoms with E-state index >= 15 is 0 Å². The highest BCUT2D eigenvalue weighted by Gasteiger charge is 2.26. The summed E-state index contributed by atoms with van der Waals surface area (Å²) in [5, 5.41) is 6.01. The third-order valence-electron chi connectivity index (χ3n) is 5.73. The fourth-order valence-electron chi connectivity index (χ4n) is 3.83. The summed E-state index contributed by atoms with van der Waals surface area (Å²) in [5.41, 5.74) is 1.65. The van der Waals surface area contributed by atoms with E-state index in [-0.39, 0.29) is 17.9 Å². The maximum Gasteiger partial charge on any atom is 0.251 e. The zero-order chi connectivity index (χ0) is 23.5. The largest absolute Gasteiger partial charge is 0.497 e. The van der Waals surface area contributed by atoms with Crippen LogP contribution in [-0.4, -0.2) is 74.7 Å². The number of ether oxygens (including phenoxy) is 2. The van der Waals surface area contributed by atoms with Gasteiger partial charge in [-0.2, -0.15) is 11.8 Å². The molecule has 0 saturated carbocycles. The molecule has 2 aromatic rings. The van der Waals surface area contributed by atoms with Crippen molar-refractivity contribution in [2.75, 3.05) is 52.0 Å². The number of thioether (sulfide) groups is 1.